The number of rotatable bonds is 4. The molecular weight excluding hydrogens is 339 g/mol. The lowest BCUT2D eigenvalue weighted by atomic mass is 10.0. The van der Waals surface area contributed by atoms with Crippen LogP contribution in [0, 0.1) is 11.3 Å². The third-order valence-corrected chi connectivity index (χ3v) is 3.86. The van der Waals surface area contributed by atoms with Crippen LogP contribution in [-0.4, -0.2) is 0 Å². The van der Waals surface area contributed by atoms with E-state index < -0.39 is 11.7 Å². The number of hydrogen-bond acceptors (Lipinski definition) is 2. The summed E-state index contributed by atoms with van der Waals surface area (Å²) in [4.78, 5) is 0. The first kappa shape index (κ1) is 17.6. The monoisotopic (exact) mass is 353 g/mol. The summed E-state index contributed by atoms with van der Waals surface area (Å²) in [7, 11) is 0. The van der Waals surface area contributed by atoms with Crippen molar-refractivity contribution in [3.05, 3.63) is 89.5 Å². The van der Waals surface area contributed by atoms with Gasteiger partial charge in [0, 0.05) is 0 Å². The third-order valence-electron chi connectivity index (χ3n) is 3.86. The number of hydrogen-bond donors (Lipinski definition) is 0. The molecule has 0 spiro atoms. The second-order valence-corrected chi connectivity index (χ2v) is 5.68. The highest BCUT2D eigenvalue weighted by molar-refractivity contribution is 5.68. The van der Waals surface area contributed by atoms with E-state index in [4.69, 9.17) is 4.74 Å². The van der Waals surface area contributed by atoms with Gasteiger partial charge in [0.15, 0.2) is 0 Å². The molecule has 5 heteroatoms. The number of nitrogens with zero attached hydrogens (tertiary/aromatic N) is 1. The summed E-state index contributed by atoms with van der Waals surface area (Å²) >= 11 is 0. The van der Waals surface area contributed by atoms with Crippen molar-refractivity contribution in [1.82, 2.24) is 0 Å². The van der Waals surface area contributed by atoms with Crippen LogP contribution in [0.15, 0.2) is 72.8 Å². The fourth-order valence-electron chi connectivity index (χ4n) is 2.53. The highest BCUT2D eigenvalue weighted by atomic mass is 19.4. The van der Waals surface area contributed by atoms with Gasteiger partial charge in [-0.05, 0) is 41.0 Å². The molecule has 0 saturated carbocycles. The van der Waals surface area contributed by atoms with Crippen LogP contribution in [0.4, 0.5) is 13.2 Å². The smallest absolute Gasteiger partial charge is 0.416 e. The molecule has 0 fully saturated rings. The van der Waals surface area contributed by atoms with E-state index in [1.165, 1.54) is 12.1 Å². The summed E-state index contributed by atoms with van der Waals surface area (Å²) in [5.74, 6) is 0.395. The highest BCUT2D eigenvalue weighted by Crippen LogP contribution is 2.33. The van der Waals surface area contributed by atoms with Gasteiger partial charge in [-0.2, -0.15) is 18.4 Å². The van der Waals surface area contributed by atoms with Gasteiger partial charge in [-0.1, -0.05) is 48.5 Å². The molecule has 0 aliphatic carbocycles. The van der Waals surface area contributed by atoms with Gasteiger partial charge in [-0.25, -0.2) is 0 Å². The molecule has 0 heterocycles. The molecule has 0 bridgehead atoms. The van der Waals surface area contributed by atoms with E-state index in [1.54, 1.807) is 18.2 Å². The van der Waals surface area contributed by atoms with Gasteiger partial charge >= 0.3 is 6.18 Å². The Morgan fingerprint density at radius 2 is 1.58 bits per heavy atom. The maximum atomic E-state index is 12.9. The molecule has 0 aliphatic rings. The Hall–Kier alpha value is -3.26. The minimum Gasteiger partial charge on any atom is -0.488 e. The van der Waals surface area contributed by atoms with Crippen LogP contribution in [0.1, 0.15) is 16.7 Å². The van der Waals surface area contributed by atoms with Crippen LogP contribution in [-0.2, 0) is 12.8 Å². The van der Waals surface area contributed by atoms with Crippen LogP contribution >= 0.6 is 0 Å². The molecule has 26 heavy (non-hydrogen) atoms. The second kappa shape index (κ2) is 7.32. The first-order chi connectivity index (χ1) is 12.5. The van der Waals surface area contributed by atoms with Crippen LogP contribution in [0.3, 0.4) is 0 Å². The fraction of sp³-hybridized carbons (Fsp3) is 0.0952. The number of benzene rings is 3. The van der Waals surface area contributed by atoms with Crippen molar-refractivity contribution in [2.45, 2.75) is 12.8 Å². The Balaban J connectivity index is 1.86. The van der Waals surface area contributed by atoms with Gasteiger partial charge < -0.3 is 4.74 Å². The highest BCUT2D eigenvalue weighted by Gasteiger charge is 2.30. The molecule has 0 radical (unpaired) electrons. The van der Waals surface area contributed by atoms with Crippen LogP contribution in [0.5, 0.6) is 5.75 Å². The average Bonchev–Trinajstić information content (AvgIpc) is 2.66. The van der Waals surface area contributed by atoms with Gasteiger partial charge in [-0.3, -0.25) is 0 Å². The molecule has 0 saturated heterocycles. The molecule has 0 amide bonds. The van der Waals surface area contributed by atoms with Crippen LogP contribution in [0.25, 0.3) is 11.1 Å². The number of halogens is 3. The lowest BCUT2D eigenvalue weighted by Gasteiger charge is -2.11. The predicted molar refractivity (Wildman–Crippen MR) is 92.4 cm³/mol. The van der Waals surface area contributed by atoms with Crippen molar-refractivity contribution in [3.8, 4) is 22.9 Å². The van der Waals surface area contributed by atoms with Crippen molar-refractivity contribution in [2.75, 3.05) is 0 Å². The predicted octanol–water partition coefficient (Wildman–Crippen LogP) is 5.82. The maximum Gasteiger partial charge on any atom is 0.416 e. The van der Waals surface area contributed by atoms with Crippen molar-refractivity contribution in [3.63, 3.8) is 0 Å². The van der Waals surface area contributed by atoms with Gasteiger partial charge in [0.1, 0.15) is 18.4 Å². The third kappa shape index (κ3) is 4.04. The minimum absolute atomic E-state index is 0.274. The zero-order chi connectivity index (χ0) is 18.6. The molecule has 0 aliphatic heterocycles. The molecule has 0 unspecified atom stereocenters. The first-order valence-corrected chi connectivity index (χ1v) is 7.86. The topological polar surface area (TPSA) is 33.0 Å². The van der Waals surface area contributed by atoms with E-state index in [1.807, 2.05) is 36.4 Å². The van der Waals surface area contributed by atoms with Crippen molar-refractivity contribution >= 4 is 0 Å². The standard InChI is InChI=1S/C21H14F3NO/c22-21(23,24)19-8-4-7-16(12-19)17-9-10-20(18(11-17)13-25)26-14-15-5-2-1-3-6-15/h1-12H,14H2. The minimum atomic E-state index is -4.41. The first-order valence-electron chi connectivity index (χ1n) is 7.86. The van der Waals surface area contributed by atoms with Crippen LogP contribution in [0.2, 0.25) is 0 Å². The lowest BCUT2D eigenvalue weighted by molar-refractivity contribution is -0.137. The van der Waals surface area contributed by atoms with E-state index in [0.29, 0.717) is 23.5 Å². The second-order valence-electron chi connectivity index (χ2n) is 5.68. The van der Waals surface area contributed by atoms with E-state index in [-0.39, 0.29) is 5.56 Å². The zero-order valence-corrected chi connectivity index (χ0v) is 13.6. The molecule has 2 nitrogen and oxygen atoms in total. The van der Waals surface area contributed by atoms with Crippen molar-refractivity contribution in [1.29, 1.82) is 5.26 Å². The average molecular weight is 353 g/mol. The largest absolute Gasteiger partial charge is 0.488 e. The summed E-state index contributed by atoms with van der Waals surface area (Å²) in [6.07, 6.45) is -4.41. The maximum absolute atomic E-state index is 12.9. The van der Waals surface area contributed by atoms with E-state index >= 15 is 0 Å². The zero-order valence-electron chi connectivity index (χ0n) is 13.6. The SMILES string of the molecule is N#Cc1cc(-c2cccc(C(F)(F)F)c2)ccc1OCc1ccccc1. The number of alkyl halides is 3. The lowest BCUT2D eigenvalue weighted by Crippen LogP contribution is -2.04. The Morgan fingerprint density at radius 3 is 2.27 bits per heavy atom. The Bertz CT molecular complexity index is 943. The molecule has 3 aromatic rings. The molecule has 130 valence electrons. The normalized spacial score (nSPS) is 11.0. The molecule has 3 aromatic carbocycles. The summed E-state index contributed by atoms with van der Waals surface area (Å²) in [6, 6.07) is 21.3. The van der Waals surface area contributed by atoms with Crippen LogP contribution < -0.4 is 4.74 Å². The van der Waals surface area contributed by atoms with E-state index in [9.17, 15) is 18.4 Å². The van der Waals surface area contributed by atoms with Crippen molar-refractivity contribution in [2.24, 2.45) is 0 Å². The van der Waals surface area contributed by atoms with Gasteiger partial charge in [0.05, 0.1) is 11.1 Å². The summed E-state index contributed by atoms with van der Waals surface area (Å²) < 4.78 is 44.3. The Kier molecular flexibility index (Phi) is 4.94. The molecule has 0 atom stereocenters. The van der Waals surface area contributed by atoms with E-state index in [0.717, 1.165) is 17.7 Å². The fourth-order valence-corrected chi connectivity index (χ4v) is 2.53. The molecule has 0 aromatic heterocycles. The number of ether oxygens (including phenoxy) is 1. The molecule has 0 N–H and O–H groups in total. The van der Waals surface area contributed by atoms with Gasteiger partial charge in [-0.15, -0.1) is 0 Å². The summed E-state index contributed by atoms with van der Waals surface area (Å²) in [6.45, 7) is 0.304. The Morgan fingerprint density at radius 1 is 0.846 bits per heavy atom. The Labute approximate surface area is 149 Å². The summed E-state index contributed by atoms with van der Waals surface area (Å²) in [5.41, 5.74) is 1.43. The summed E-state index contributed by atoms with van der Waals surface area (Å²) in [5, 5.41) is 9.36. The van der Waals surface area contributed by atoms with Gasteiger partial charge in [0.2, 0.25) is 0 Å². The molecule has 3 rings (SSSR count). The van der Waals surface area contributed by atoms with E-state index in [2.05, 4.69) is 0 Å². The number of nitriles is 1. The van der Waals surface area contributed by atoms with Gasteiger partial charge in [0.25, 0.3) is 0 Å². The van der Waals surface area contributed by atoms with Crippen molar-refractivity contribution < 1.29 is 17.9 Å². The quantitative estimate of drug-likeness (QED) is 0.592. The molecular formula is C21H14F3NO.